The van der Waals surface area contributed by atoms with E-state index in [2.05, 4.69) is 11.5 Å². The first kappa shape index (κ1) is 15.6. The molecular formula is C15H24N2O2S2. The van der Waals surface area contributed by atoms with Gasteiger partial charge < -0.3 is 9.47 Å². The molecule has 0 aromatic carbocycles. The minimum atomic E-state index is 0.102. The van der Waals surface area contributed by atoms with Gasteiger partial charge in [0.05, 0.1) is 18.8 Å². The van der Waals surface area contributed by atoms with Crippen molar-refractivity contribution < 1.29 is 9.47 Å². The van der Waals surface area contributed by atoms with Gasteiger partial charge in [0.2, 0.25) is 0 Å². The zero-order valence-electron chi connectivity index (χ0n) is 12.5. The summed E-state index contributed by atoms with van der Waals surface area (Å²) in [5, 5.41) is 2.05. The molecule has 2 saturated heterocycles. The number of thioether (sulfide) groups is 1. The lowest BCUT2D eigenvalue weighted by Gasteiger charge is -2.45. The summed E-state index contributed by atoms with van der Waals surface area (Å²) in [4.78, 5) is 1.27. The van der Waals surface area contributed by atoms with Crippen LogP contribution in [0.25, 0.3) is 0 Å². The van der Waals surface area contributed by atoms with Crippen LogP contribution in [0.5, 0.6) is 5.75 Å². The van der Waals surface area contributed by atoms with Gasteiger partial charge in [-0.2, -0.15) is 11.8 Å². The van der Waals surface area contributed by atoms with Crippen molar-refractivity contribution in [3.8, 4) is 5.75 Å². The van der Waals surface area contributed by atoms with Crippen molar-refractivity contribution in [2.45, 2.75) is 37.3 Å². The highest BCUT2D eigenvalue weighted by Crippen LogP contribution is 2.44. The second-order valence-electron chi connectivity index (χ2n) is 5.93. The summed E-state index contributed by atoms with van der Waals surface area (Å²) in [5.74, 6) is 9.78. The van der Waals surface area contributed by atoms with E-state index in [9.17, 15) is 0 Å². The average molecular weight is 329 g/mol. The number of methoxy groups -OCH3 is 1. The minimum Gasteiger partial charge on any atom is -0.496 e. The fraction of sp³-hybridized carbons (Fsp3) is 0.733. The maximum atomic E-state index is 6.19. The third kappa shape index (κ3) is 3.40. The van der Waals surface area contributed by atoms with Gasteiger partial charge in [0.25, 0.3) is 0 Å². The molecule has 0 bridgehead atoms. The molecule has 3 N–H and O–H groups in total. The molecule has 4 nitrogen and oxygen atoms in total. The van der Waals surface area contributed by atoms with Gasteiger partial charge in [-0.3, -0.25) is 11.3 Å². The van der Waals surface area contributed by atoms with E-state index in [1.807, 2.05) is 17.1 Å². The normalized spacial score (nSPS) is 26.7. The van der Waals surface area contributed by atoms with Crippen molar-refractivity contribution in [1.29, 1.82) is 0 Å². The maximum Gasteiger partial charge on any atom is 0.129 e. The van der Waals surface area contributed by atoms with Gasteiger partial charge in [-0.05, 0) is 49.2 Å². The summed E-state index contributed by atoms with van der Waals surface area (Å²) in [7, 11) is 1.71. The molecule has 2 fully saturated rings. The fourth-order valence-electron chi connectivity index (χ4n) is 3.50. The van der Waals surface area contributed by atoms with Crippen molar-refractivity contribution in [2.24, 2.45) is 11.8 Å². The second-order valence-corrected chi connectivity index (χ2v) is 8.10. The Labute approximate surface area is 134 Å². The Balaban J connectivity index is 1.73. The Morgan fingerprint density at radius 1 is 1.48 bits per heavy atom. The van der Waals surface area contributed by atoms with Gasteiger partial charge in [-0.15, -0.1) is 11.3 Å². The Bertz CT molecular complexity index is 455. The molecule has 6 heteroatoms. The van der Waals surface area contributed by atoms with Crippen molar-refractivity contribution in [1.82, 2.24) is 5.43 Å². The van der Waals surface area contributed by atoms with E-state index in [-0.39, 0.29) is 11.6 Å². The molecule has 2 aliphatic rings. The summed E-state index contributed by atoms with van der Waals surface area (Å²) >= 11 is 3.77. The first-order valence-corrected chi connectivity index (χ1v) is 9.60. The van der Waals surface area contributed by atoms with E-state index in [0.717, 1.165) is 25.2 Å². The number of ether oxygens (including phenoxy) is 2. The predicted octanol–water partition coefficient (Wildman–Crippen LogP) is 2.95. The second kappa shape index (κ2) is 6.87. The molecule has 1 spiro atoms. The van der Waals surface area contributed by atoms with Crippen LogP contribution in [0.15, 0.2) is 11.4 Å². The number of nitrogens with one attached hydrogen (secondary N) is 1. The third-order valence-electron chi connectivity index (χ3n) is 4.72. The highest BCUT2D eigenvalue weighted by molar-refractivity contribution is 7.99. The number of rotatable bonds is 4. The van der Waals surface area contributed by atoms with Gasteiger partial charge in [0, 0.05) is 16.9 Å². The third-order valence-corrected chi connectivity index (χ3v) is 6.70. The quantitative estimate of drug-likeness (QED) is 0.657. The summed E-state index contributed by atoms with van der Waals surface area (Å²) in [6.45, 7) is 0.857. The van der Waals surface area contributed by atoms with E-state index in [4.69, 9.17) is 15.3 Å². The van der Waals surface area contributed by atoms with Crippen LogP contribution in [0.2, 0.25) is 0 Å². The molecule has 118 valence electrons. The molecular weight excluding hydrogens is 304 g/mol. The van der Waals surface area contributed by atoms with Crippen molar-refractivity contribution >= 4 is 23.1 Å². The number of hydrogen-bond acceptors (Lipinski definition) is 6. The van der Waals surface area contributed by atoms with Crippen LogP contribution in [-0.2, 0) is 4.74 Å². The first-order valence-electron chi connectivity index (χ1n) is 7.56. The van der Waals surface area contributed by atoms with Gasteiger partial charge >= 0.3 is 0 Å². The summed E-state index contributed by atoms with van der Waals surface area (Å²) in [5.41, 5.74) is 3.14. The number of thiophene rings is 1. The summed E-state index contributed by atoms with van der Waals surface area (Å²) in [6.07, 6.45) is 4.55. The van der Waals surface area contributed by atoms with Crippen LogP contribution < -0.4 is 16.0 Å². The fourth-order valence-corrected chi connectivity index (χ4v) is 5.74. The van der Waals surface area contributed by atoms with Crippen LogP contribution in [0.3, 0.4) is 0 Å². The van der Waals surface area contributed by atoms with Crippen molar-refractivity contribution in [3.63, 3.8) is 0 Å². The number of hydrogen-bond donors (Lipinski definition) is 2. The van der Waals surface area contributed by atoms with Crippen LogP contribution in [0, 0.1) is 5.92 Å². The molecule has 2 aliphatic heterocycles. The zero-order valence-corrected chi connectivity index (χ0v) is 14.1. The molecule has 1 aromatic rings. The molecule has 0 amide bonds. The van der Waals surface area contributed by atoms with Crippen LogP contribution in [-0.4, -0.2) is 30.8 Å². The summed E-state index contributed by atoms with van der Waals surface area (Å²) in [6, 6.07) is 2.31. The minimum absolute atomic E-state index is 0.102. The Kier molecular flexibility index (Phi) is 5.11. The van der Waals surface area contributed by atoms with Crippen molar-refractivity contribution in [2.75, 3.05) is 25.2 Å². The highest BCUT2D eigenvalue weighted by atomic mass is 32.2. The molecule has 21 heavy (non-hydrogen) atoms. The van der Waals surface area contributed by atoms with E-state index in [1.54, 1.807) is 18.4 Å². The lowest BCUT2D eigenvalue weighted by Crippen LogP contribution is -2.46. The number of hydrazine groups is 1. The van der Waals surface area contributed by atoms with Crippen LogP contribution in [0.4, 0.5) is 0 Å². The van der Waals surface area contributed by atoms with E-state index in [0.29, 0.717) is 5.92 Å². The first-order chi connectivity index (χ1) is 10.3. The largest absolute Gasteiger partial charge is 0.496 e. The monoisotopic (exact) mass is 328 g/mol. The molecule has 1 aromatic heterocycles. The molecule has 3 rings (SSSR count). The van der Waals surface area contributed by atoms with Gasteiger partial charge in [-0.25, -0.2) is 0 Å². The molecule has 0 radical (unpaired) electrons. The number of nitrogens with two attached hydrogens (primary N) is 1. The van der Waals surface area contributed by atoms with E-state index >= 15 is 0 Å². The molecule has 0 saturated carbocycles. The lowest BCUT2D eigenvalue weighted by molar-refractivity contribution is -0.107. The average Bonchev–Trinajstić information content (AvgIpc) is 2.98. The smallest absolute Gasteiger partial charge is 0.129 e. The topological polar surface area (TPSA) is 56.5 Å². The Hall–Kier alpha value is -0.270. The Morgan fingerprint density at radius 3 is 2.95 bits per heavy atom. The predicted molar refractivity (Wildman–Crippen MR) is 88.9 cm³/mol. The van der Waals surface area contributed by atoms with Crippen LogP contribution in [0.1, 0.15) is 36.6 Å². The standard InChI is InChI=1S/C15H24N2O2S2/c1-18-12-8-13(21-10-12)14(17-16)11-2-5-19-15(9-11)3-6-20-7-4-15/h8,10-11,14,17H,2-7,9,16H2,1H3. The lowest BCUT2D eigenvalue weighted by atomic mass is 9.78. The van der Waals surface area contributed by atoms with Gasteiger partial charge in [0.1, 0.15) is 5.75 Å². The van der Waals surface area contributed by atoms with Crippen LogP contribution >= 0.6 is 23.1 Å². The van der Waals surface area contributed by atoms with Gasteiger partial charge in [-0.1, -0.05) is 0 Å². The van der Waals surface area contributed by atoms with E-state index < -0.39 is 0 Å². The van der Waals surface area contributed by atoms with Gasteiger partial charge in [0.15, 0.2) is 0 Å². The highest BCUT2D eigenvalue weighted by Gasteiger charge is 2.41. The molecule has 3 heterocycles. The zero-order chi connectivity index (χ0) is 14.7. The Morgan fingerprint density at radius 2 is 2.29 bits per heavy atom. The van der Waals surface area contributed by atoms with E-state index in [1.165, 1.54) is 29.2 Å². The van der Waals surface area contributed by atoms with Crippen molar-refractivity contribution in [3.05, 3.63) is 16.3 Å². The molecule has 2 atom stereocenters. The molecule has 2 unspecified atom stereocenters. The SMILES string of the molecule is COc1csc(C(NN)C2CCOC3(CCSCC3)C2)c1. The summed E-state index contributed by atoms with van der Waals surface area (Å²) < 4.78 is 11.5. The molecule has 0 aliphatic carbocycles. The maximum absolute atomic E-state index is 6.19.